The maximum absolute atomic E-state index is 5.77. The summed E-state index contributed by atoms with van der Waals surface area (Å²) in [5.74, 6) is 1.31. The Labute approximate surface area is 193 Å². The normalized spacial score (nSPS) is 13.6. The summed E-state index contributed by atoms with van der Waals surface area (Å²) < 4.78 is 6.83. The van der Waals surface area contributed by atoms with Gasteiger partial charge in [-0.25, -0.2) is 4.98 Å². The fourth-order valence-corrected chi connectivity index (χ4v) is 4.88. The topological polar surface area (TPSA) is 25.4 Å². The molecule has 0 N–H and O–H groups in total. The Morgan fingerprint density at radius 3 is 2.48 bits per heavy atom. The van der Waals surface area contributed by atoms with Crippen LogP contribution in [0.5, 0.6) is 5.88 Å². The molecule has 4 rings (SSSR count). The van der Waals surface area contributed by atoms with E-state index in [0.717, 1.165) is 39.8 Å². The lowest BCUT2D eigenvalue weighted by Crippen LogP contribution is -2.19. The highest BCUT2D eigenvalue weighted by molar-refractivity contribution is 9.10. The molecule has 160 valence electrons. The zero-order valence-electron chi connectivity index (χ0n) is 18.6. The van der Waals surface area contributed by atoms with Crippen LogP contribution in [-0.4, -0.2) is 37.6 Å². The third kappa shape index (κ3) is 4.60. The van der Waals surface area contributed by atoms with Gasteiger partial charge in [0, 0.05) is 15.4 Å². The van der Waals surface area contributed by atoms with Crippen molar-refractivity contribution in [3.63, 3.8) is 0 Å². The van der Waals surface area contributed by atoms with E-state index in [2.05, 4.69) is 96.4 Å². The molecule has 0 aliphatic rings. The predicted molar refractivity (Wildman–Crippen MR) is 134 cm³/mol. The minimum Gasteiger partial charge on any atom is -0.481 e. The van der Waals surface area contributed by atoms with Gasteiger partial charge in [-0.05, 0) is 79.5 Å². The van der Waals surface area contributed by atoms with E-state index in [1.165, 1.54) is 16.3 Å². The third-order valence-corrected chi connectivity index (χ3v) is 6.66. The highest BCUT2D eigenvalue weighted by Crippen LogP contribution is 2.42. The standard InChI is InChI=1S/C27H29BrN2O/c1-18(25-17-20-16-21(28)12-13-26(20)29-27(25)31-4)22(14-15-30(2)3)24-11-7-9-19-8-5-6-10-23(19)24/h5-13,16-18,22H,14-15H2,1-4H3. The molecule has 0 aliphatic carbocycles. The number of fused-ring (bicyclic) bond motifs is 2. The summed E-state index contributed by atoms with van der Waals surface area (Å²) in [6.45, 7) is 3.33. The fraction of sp³-hybridized carbons (Fsp3) is 0.296. The van der Waals surface area contributed by atoms with Gasteiger partial charge in [-0.2, -0.15) is 0 Å². The Morgan fingerprint density at radius 2 is 1.71 bits per heavy atom. The van der Waals surface area contributed by atoms with Crippen molar-refractivity contribution in [3.05, 3.63) is 82.3 Å². The number of hydrogen-bond donors (Lipinski definition) is 0. The monoisotopic (exact) mass is 476 g/mol. The largest absolute Gasteiger partial charge is 0.481 e. The van der Waals surface area contributed by atoms with Gasteiger partial charge in [-0.1, -0.05) is 65.3 Å². The highest BCUT2D eigenvalue weighted by Gasteiger charge is 2.26. The Bertz CT molecular complexity index is 1200. The van der Waals surface area contributed by atoms with Crippen LogP contribution in [0.3, 0.4) is 0 Å². The van der Waals surface area contributed by atoms with Crippen molar-refractivity contribution in [2.75, 3.05) is 27.7 Å². The second kappa shape index (κ2) is 9.37. The first-order valence-corrected chi connectivity index (χ1v) is 11.5. The van der Waals surface area contributed by atoms with Crippen LogP contribution in [-0.2, 0) is 0 Å². The zero-order chi connectivity index (χ0) is 22.0. The molecular weight excluding hydrogens is 448 g/mol. The second-order valence-corrected chi connectivity index (χ2v) is 9.40. The van der Waals surface area contributed by atoms with Gasteiger partial charge >= 0.3 is 0 Å². The molecule has 0 saturated heterocycles. The number of halogens is 1. The molecule has 31 heavy (non-hydrogen) atoms. The van der Waals surface area contributed by atoms with Gasteiger partial charge in [0.05, 0.1) is 12.6 Å². The highest BCUT2D eigenvalue weighted by atomic mass is 79.9. The summed E-state index contributed by atoms with van der Waals surface area (Å²) in [5, 5.41) is 3.74. The molecule has 2 unspecified atom stereocenters. The van der Waals surface area contributed by atoms with Gasteiger partial charge in [0.2, 0.25) is 5.88 Å². The van der Waals surface area contributed by atoms with Crippen LogP contribution in [0.15, 0.2) is 71.2 Å². The lowest BCUT2D eigenvalue weighted by Gasteiger charge is -2.28. The first-order chi connectivity index (χ1) is 15.0. The quantitative estimate of drug-likeness (QED) is 0.287. The smallest absolute Gasteiger partial charge is 0.217 e. The molecule has 3 nitrogen and oxygen atoms in total. The van der Waals surface area contributed by atoms with E-state index >= 15 is 0 Å². The molecule has 0 amide bonds. The van der Waals surface area contributed by atoms with Crippen molar-refractivity contribution < 1.29 is 4.74 Å². The molecule has 4 heteroatoms. The van der Waals surface area contributed by atoms with Crippen molar-refractivity contribution in [3.8, 4) is 5.88 Å². The molecule has 2 atom stereocenters. The number of ether oxygens (including phenoxy) is 1. The maximum atomic E-state index is 5.77. The summed E-state index contributed by atoms with van der Waals surface area (Å²) >= 11 is 3.60. The second-order valence-electron chi connectivity index (χ2n) is 8.48. The van der Waals surface area contributed by atoms with Gasteiger partial charge in [0.25, 0.3) is 0 Å². The number of hydrogen-bond acceptors (Lipinski definition) is 3. The van der Waals surface area contributed by atoms with Crippen LogP contribution in [0.25, 0.3) is 21.7 Å². The molecule has 0 fully saturated rings. The molecule has 0 radical (unpaired) electrons. The van der Waals surface area contributed by atoms with E-state index in [1.54, 1.807) is 7.11 Å². The van der Waals surface area contributed by atoms with Crippen LogP contribution in [0, 0.1) is 0 Å². The average molecular weight is 477 g/mol. The van der Waals surface area contributed by atoms with E-state index in [0.29, 0.717) is 5.92 Å². The Kier molecular flexibility index (Phi) is 6.59. The molecule has 1 aromatic heterocycles. The van der Waals surface area contributed by atoms with Crippen LogP contribution >= 0.6 is 15.9 Å². The first-order valence-electron chi connectivity index (χ1n) is 10.7. The third-order valence-electron chi connectivity index (χ3n) is 6.17. The minimum atomic E-state index is 0.247. The van der Waals surface area contributed by atoms with Gasteiger partial charge in [-0.15, -0.1) is 0 Å². The predicted octanol–water partition coefficient (Wildman–Crippen LogP) is 7.00. The first kappa shape index (κ1) is 21.8. The van der Waals surface area contributed by atoms with E-state index in [-0.39, 0.29) is 5.92 Å². The van der Waals surface area contributed by atoms with E-state index in [4.69, 9.17) is 9.72 Å². The summed E-state index contributed by atoms with van der Waals surface area (Å²) in [6, 6.07) is 23.8. The van der Waals surface area contributed by atoms with Crippen molar-refractivity contribution >= 4 is 37.6 Å². The van der Waals surface area contributed by atoms with Crippen LogP contribution in [0.2, 0.25) is 0 Å². The average Bonchev–Trinajstić information content (AvgIpc) is 2.78. The summed E-state index contributed by atoms with van der Waals surface area (Å²) in [7, 11) is 6.00. The van der Waals surface area contributed by atoms with E-state index < -0.39 is 0 Å². The summed E-state index contributed by atoms with van der Waals surface area (Å²) in [6.07, 6.45) is 1.06. The van der Waals surface area contributed by atoms with Crippen LogP contribution < -0.4 is 4.74 Å². The lowest BCUT2D eigenvalue weighted by atomic mass is 9.78. The summed E-state index contributed by atoms with van der Waals surface area (Å²) in [5.41, 5.74) is 3.50. The maximum Gasteiger partial charge on any atom is 0.217 e. The number of pyridine rings is 1. The van der Waals surface area contributed by atoms with Gasteiger partial charge in [0.15, 0.2) is 0 Å². The Balaban J connectivity index is 1.85. The van der Waals surface area contributed by atoms with E-state index in [1.807, 2.05) is 12.1 Å². The molecule has 4 aromatic rings. The zero-order valence-corrected chi connectivity index (χ0v) is 20.2. The SMILES string of the molecule is COc1nc2ccc(Br)cc2cc1C(C)C(CCN(C)C)c1cccc2ccccc12. The number of benzene rings is 3. The molecule has 3 aromatic carbocycles. The Morgan fingerprint density at radius 1 is 0.935 bits per heavy atom. The number of aromatic nitrogens is 1. The molecule has 0 aliphatic heterocycles. The van der Waals surface area contributed by atoms with Crippen LogP contribution in [0.1, 0.15) is 36.3 Å². The number of nitrogens with zero attached hydrogens (tertiary/aromatic N) is 2. The lowest BCUT2D eigenvalue weighted by molar-refractivity contribution is 0.359. The van der Waals surface area contributed by atoms with Crippen molar-refractivity contribution in [1.29, 1.82) is 0 Å². The molecule has 1 heterocycles. The van der Waals surface area contributed by atoms with Gasteiger partial charge in [-0.3, -0.25) is 0 Å². The van der Waals surface area contributed by atoms with Crippen LogP contribution in [0.4, 0.5) is 0 Å². The number of methoxy groups -OCH3 is 1. The number of rotatable bonds is 7. The van der Waals surface area contributed by atoms with Crippen molar-refractivity contribution in [2.24, 2.45) is 0 Å². The fourth-order valence-electron chi connectivity index (χ4n) is 4.50. The molecule has 0 bridgehead atoms. The van der Waals surface area contributed by atoms with E-state index in [9.17, 15) is 0 Å². The van der Waals surface area contributed by atoms with Crippen molar-refractivity contribution in [1.82, 2.24) is 9.88 Å². The minimum absolute atomic E-state index is 0.247. The van der Waals surface area contributed by atoms with Gasteiger partial charge in [0.1, 0.15) is 0 Å². The Hall–Kier alpha value is -2.43. The molecule has 0 saturated carbocycles. The molecular formula is C27H29BrN2O. The van der Waals surface area contributed by atoms with Gasteiger partial charge < -0.3 is 9.64 Å². The summed E-state index contributed by atoms with van der Waals surface area (Å²) in [4.78, 5) is 7.10. The molecule has 0 spiro atoms. The van der Waals surface area contributed by atoms with Crippen molar-refractivity contribution in [2.45, 2.75) is 25.2 Å².